The number of nitrogens with two attached hydrogens (primary N) is 1. The second kappa shape index (κ2) is 4.47. The lowest BCUT2D eigenvalue weighted by Crippen LogP contribution is -2.35. The fraction of sp³-hybridized carbons (Fsp3) is 0.600. The molecule has 0 spiro atoms. The highest BCUT2D eigenvalue weighted by Crippen LogP contribution is 2.49. The van der Waals surface area contributed by atoms with E-state index in [9.17, 15) is 0 Å². The zero-order chi connectivity index (χ0) is 13.4. The molecule has 3 nitrogen and oxygen atoms in total. The first-order valence-electron chi connectivity index (χ1n) is 6.42. The molecule has 2 N–H and O–H groups in total. The van der Waals surface area contributed by atoms with E-state index in [0.717, 1.165) is 36.3 Å². The molecule has 100 valence electrons. The molecule has 1 saturated carbocycles. The molecule has 1 aromatic carbocycles. The van der Waals surface area contributed by atoms with E-state index in [-0.39, 0.29) is 5.54 Å². The Morgan fingerprint density at radius 3 is 2.33 bits per heavy atom. The van der Waals surface area contributed by atoms with E-state index < -0.39 is 0 Å². The van der Waals surface area contributed by atoms with Crippen LogP contribution in [0.5, 0.6) is 11.5 Å². The van der Waals surface area contributed by atoms with E-state index in [1.807, 2.05) is 18.2 Å². The van der Waals surface area contributed by atoms with E-state index >= 15 is 0 Å². The van der Waals surface area contributed by atoms with Crippen LogP contribution in [0.3, 0.4) is 0 Å². The van der Waals surface area contributed by atoms with Gasteiger partial charge in [0.25, 0.3) is 0 Å². The molecule has 2 rings (SSSR count). The summed E-state index contributed by atoms with van der Waals surface area (Å²) < 4.78 is 10.7. The van der Waals surface area contributed by atoms with Gasteiger partial charge in [0.2, 0.25) is 0 Å². The van der Waals surface area contributed by atoms with Crippen molar-refractivity contribution < 1.29 is 9.47 Å². The van der Waals surface area contributed by atoms with Gasteiger partial charge < -0.3 is 15.2 Å². The standard InChI is InChI=1S/C15H23NO2/c1-14(2)7-8-15(16,10-14)12-6-5-11(17-3)9-13(12)18-4/h5-6,9H,7-8,10,16H2,1-4H3. The van der Waals surface area contributed by atoms with Crippen molar-refractivity contribution in [3.8, 4) is 11.5 Å². The van der Waals surface area contributed by atoms with Crippen molar-refractivity contribution >= 4 is 0 Å². The topological polar surface area (TPSA) is 44.5 Å². The lowest BCUT2D eigenvalue weighted by molar-refractivity contribution is 0.327. The maximum Gasteiger partial charge on any atom is 0.127 e. The van der Waals surface area contributed by atoms with Gasteiger partial charge in [0, 0.05) is 17.2 Å². The Morgan fingerprint density at radius 1 is 1.11 bits per heavy atom. The predicted molar refractivity (Wildman–Crippen MR) is 73.0 cm³/mol. The van der Waals surface area contributed by atoms with Crippen LogP contribution in [0.4, 0.5) is 0 Å². The molecule has 18 heavy (non-hydrogen) atoms. The smallest absolute Gasteiger partial charge is 0.127 e. The second-order valence-corrected chi connectivity index (χ2v) is 6.06. The number of hydrogen-bond acceptors (Lipinski definition) is 3. The Bertz CT molecular complexity index is 442. The minimum atomic E-state index is -0.277. The Hall–Kier alpha value is -1.22. The monoisotopic (exact) mass is 249 g/mol. The van der Waals surface area contributed by atoms with Crippen LogP contribution < -0.4 is 15.2 Å². The van der Waals surface area contributed by atoms with Crippen LogP contribution in [0.25, 0.3) is 0 Å². The SMILES string of the molecule is COc1ccc(C2(N)CCC(C)(C)C2)c(OC)c1. The number of benzene rings is 1. The third kappa shape index (κ3) is 2.32. The summed E-state index contributed by atoms with van der Waals surface area (Å²) in [6, 6.07) is 5.91. The highest BCUT2D eigenvalue weighted by Gasteiger charge is 2.42. The van der Waals surface area contributed by atoms with Gasteiger partial charge >= 0.3 is 0 Å². The summed E-state index contributed by atoms with van der Waals surface area (Å²) in [5, 5.41) is 0. The average Bonchev–Trinajstić information content (AvgIpc) is 2.63. The van der Waals surface area contributed by atoms with Crippen LogP contribution in [0, 0.1) is 5.41 Å². The van der Waals surface area contributed by atoms with Crippen LogP contribution in [-0.4, -0.2) is 14.2 Å². The largest absolute Gasteiger partial charge is 0.497 e. The number of rotatable bonds is 3. The van der Waals surface area contributed by atoms with Crippen LogP contribution >= 0.6 is 0 Å². The lowest BCUT2D eigenvalue weighted by atomic mass is 9.83. The van der Waals surface area contributed by atoms with Gasteiger partial charge in [-0.3, -0.25) is 0 Å². The van der Waals surface area contributed by atoms with Gasteiger partial charge in [-0.25, -0.2) is 0 Å². The van der Waals surface area contributed by atoms with E-state index in [0.29, 0.717) is 5.41 Å². The highest BCUT2D eigenvalue weighted by atomic mass is 16.5. The van der Waals surface area contributed by atoms with Crippen molar-refractivity contribution in [2.45, 2.75) is 38.6 Å². The fourth-order valence-electron chi connectivity index (χ4n) is 3.03. The Labute approximate surface area is 109 Å². The first-order valence-corrected chi connectivity index (χ1v) is 6.42. The lowest BCUT2D eigenvalue weighted by Gasteiger charge is -2.28. The summed E-state index contributed by atoms with van der Waals surface area (Å²) in [5.41, 5.74) is 7.73. The maximum absolute atomic E-state index is 6.60. The number of ether oxygens (including phenoxy) is 2. The van der Waals surface area contributed by atoms with Gasteiger partial charge in [-0.1, -0.05) is 13.8 Å². The molecule has 3 heteroatoms. The van der Waals surface area contributed by atoms with Crippen LogP contribution in [0.1, 0.15) is 38.7 Å². The van der Waals surface area contributed by atoms with Gasteiger partial charge in [0.15, 0.2) is 0 Å². The minimum absolute atomic E-state index is 0.277. The van der Waals surface area contributed by atoms with E-state index in [2.05, 4.69) is 13.8 Å². The second-order valence-electron chi connectivity index (χ2n) is 6.06. The van der Waals surface area contributed by atoms with Crippen LogP contribution in [-0.2, 0) is 5.54 Å². The molecule has 0 amide bonds. The minimum Gasteiger partial charge on any atom is -0.497 e. The van der Waals surface area contributed by atoms with E-state index in [4.69, 9.17) is 15.2 Å². The molecular weight excluding hydrogens is 226 g/mol. The van der Waals surface area contributed by atoms with Gasteiger partial charge in [-0.15, -0.1) is 0 Å². The molecule has 1 unspecified atom stereocenters. The quantitative estimate of drug-likeness (QED) is 0.895. The summed E-state index contributed by atoms with van der Waals surface area (Å²) in [4.78, 5) is 0. The van der Waals surface area contributed by atoms with Gasteiger partial charge in [-0.05, 0) is 36.8 Å². The van der Waals surface area contributed by atoms with Crippen LogP contribution in [0.2, 0.25) is 0 Å². The summed E-state index contributed by atoms with van der Waals surface area (Å²) in [7, 11) is 3.34. The van der Waals surface area contributed by atoms with Gasteiger partial charge in [0.1, 0.15) is 11.5 Å². The zero-order valence-electron chi connectivity index (χ0n) is 11.7. The summed E-state index contributed by atoms with van der Waals surface area (Å²) in [5.74, 6) is 1.63. The average molecular weight is 249 g/mol. The van der Waals surface area contributed by atoms with Crippen molar-refractivity contribution in [3.05, 3.63) is 23.8 Å². The van der Waals surface area contributed by atoms with Crippen molar-refractivity contribution in [1.82, 2.24) is 0 Å². The van der Waals surface area contributed by atoms with Crippen molar-refractivity contribution in [2.24, 2.45) is 11.1 Å². The predicted octanol–water partition coefficient (Wildman–Crippen LogP) is 3.07. The molecule has 0 bridgehead atoms. The summed E-state index contributed by atoms with van der Waals surface area (Å²) >= 11 is 0. The highest BCUT2D eigenvalue weighted by molar-refractivity contribution is 5.45. The fourth-order valence-corrected chi connectivity index (χ4v) is 3.03. The molecule has 1 aliphatic rings. The molecule has 0 aliphatic heterocycles. The summed E-state index contributed by atoms with van der Waals surface area (Å²) in [6.45, 7) is 4.55. The molecule has 1 fully saturated rings. The third-order valence-electron chi connectivity index (χ3n) is 3.99. The molecule has 1 atom stereocenters. The number of methoxy groups -OCH3 is 2. The Balaban J connectivity index is 2.39. The molecule has 0 heterocycles. The van der Waals surface area contributed by atoms with Crippen molar-refractivity contribution in [1.29, 1.82) is 0 Å². The molecule has 0 aromatic heterocycles. The first kappa shape index (κ1) is 13.2. The first-order chi connectivity index (χ1) is 8.40. The molecular formula is C15H23NO2. The molecule has 0 saturated heterocycles. The van der Waals surface area contributed by atoms with Crippen molar-refractivity contribution in [2.75, 3.05) is 14.2 Å². The normalized spacial score (nSPS) is 26.1. The molecule has 1 aromatic rings. The van der Waals surface area contributed by atoms with E-state index in [1.54, 1.807) is 14.2 Å². The molecule has 0 radical (unpaired) electrons. The van der Waals surface area contributed by atoms with Gasteiger partial charge in [0.05, 0.1) is 14.2 Å². The summed E-state index contributed by atoms with van der Waals surface area (Å²) in [6.07, 6.45) is 3.14. The number of hydrogen-bond donors (Lipinski definition) is 1. The Kier molecular flexibility index (Phi) is 3.28. The van der Waals surface area contributed by atoms with Crippen molar-refractivity contribution in [3.63, 3.8) is 0 Å². The zero-order valence-corrected chi connectivity index (χ0v) is 11.7. The van der Waals surface area contributed by atoms with Gasteiger partial charge in [-0.2, -0.15) is 0 Å². The van der Waals surface area contributed by atoms with Crippen LogP contribution in [0.15, 0.2) is 18.2 Å². The maximum atomic E-state index is 6.60. The molecule has 1 aliphatic carbocycles. The third-order valence-corrected chi connectivity index (χ3v) is 3.99. The van der Waals surface area contributed by atoms with E-state index in [1.165, 1.54) is 0 Å². The Morgan fingerprint density at radius 2 is 1.83 bits per heavy atom.